The van der Waals surface area contributed by atoms with Crippen LogP contribution in [-0.2, 0) is 13.0 Å². The molecule has 24 heavy (non-hydrogen) atoms. The second kappa shape index (κ2) is 7.97. The molecule has 2 aromatic rings. The second-order valence-electron chi connectivity index (χ2n) is 5.76. The van der Waals surface area contributed by atoms with Gasteiger partial charge in [-0.2, -0.15) is 0 Å². The number of urea groups is 1. The minimum atomic E-state index is -0.279. The monoisotopic (exact) mass is 345 g/mol. The van der Waals surface area contributed by atoms with Crippen LogP contribution < -0.4 is 10.6 Å². The first-order chi connectivity index (χ1) is 11.4. The predicted molar refractivity (Wildman–Crippen MR) is 98.8 cm³/mol. The topological polar surface area (TPSA) is 61.4 Å². The summed E-state index contributed by atoms with van der Waals surface area (Å²) in [6.07, 6.45) is 1.00. The van der Waals surface area contributed by atoms with E-state index in [2.05, 4.69) is 23.6 Å². The van der Waals surface area contributed by atoms with Crippen molar-refractivity contribution in [2.45, 2.75) is 26.8 Å². The molecule has 1 aromatic carbocycles. The second-order valence-corrected chi connectivity index (χ2v) is 7.01. The van der Waals surface area contributed by atoms with Crippen molar-refractivity contribution in [2.75, 3.05) is 19.4 Å². The van der Waals surface area contributed by atoms with Gasteiger partial charge < -0.3 is 15.5 Å². The third-order valence-electron chi connectivity index (χ3n) is 3.63. The van der Waals surface area contributed by atoms with Crippen molar-refractivity contribution >= 4 is 29.0 Å². The normalized spacial score (nSPS) is 10.3. The number of thiophene rings is 1. The first kappa shape index (κ1) is 18.0. The van der Waals surface area contributed by atoms with E-state index in [4.69, 9.17) is 0 Å². The Labute approximate surface area is 146 Å². The molecule has 0 aliphatic rings. The fourth-order valence-corrected chi connectivity index (χ4v) is 3.09. The highest BCUT2D eigenvalue weighted by Crippen LogP contribution is 2.19. The molecule has 1 aromatic heterocycles. The number of hydrogen-bond acceptors (Lipinski definition) is 3. The third kappa shape index (κ3) is 4.58. The molecule has 2 N–H and O–H groups in total. The van der Waals surface area contributed by atoms with E-state index >= 15 is 0 Å². The Kier molecular flexibility index (Phi) is 5.98. The van der Waals surface area contributed by atoms with Crippen molar-refractivity contribution in [3.63, 3.8) is 0 Å². The van der Waals surface area contributed by atoms with Crippen LogP contribution in [0.25, 0.3) is 0 Å². The molecule has 0 aliphatic carbocycles. The van der Waals surface area contributed by atoms with Gasteiger partial charge in [-0.15, -0.1) is 11.3 Å². The molecule has 6 heteroatoms. The van der Waals surface area contributed by atoms with Crippen LogP contribution in [0.3, 0.4) is 0 Å². The van der Waals surface area contributed by atoms with E-state index in [1.807, 2.05) is 19.1 Å². The van der Waals surface area contributed by atoms with Crippen molar-refractivity contribution in [1.82, 2.24) is 10.2 Å². The van der Waals surface area contributed by atoms with Gasteiger partial charge in [0.2, 0.25) is 0 Å². The largest absolute Gasteiger partial charge is 0.345 e. The molecule has 0 unspecified atom stereocenters. The minimum absolute atomic E-state index is 0.0934. The summed E-state index contributed by atoms with van der Waals surface area (Å²) >= 11 is 1.70. The van der Waals surface area contributed by atoms with E-state index in [-0.39, 0.29) is 11.9 Å². The maximum atomic E-state index is 12.1. The minimum Gasteiger partial charge on any atom is -0.345 e. The van der Waals surface area contributed by atoms with Gasteiger partial charge in [-0.1, -0.05) is 13.0 Å². The Morgan fingerprint density at radius 1 is 1.12 bits per heavy atom. The van der Waals surface area contributed by atoms with Gasteiger partial charge in [-0.05, 0) is 43.2 Å². The molecule has 0 spiro atoms. The first-order valence-electron chi connectivity index (χ1n) is 7.85. The molecule has 0 saturated carbocycles. The van der Waals surface area contributed by atoms with Gasteiger partial charge in [0.25, 0.3) is 5.91 Å². The van der Waals surface area contributed by atoms with Crippen LogP contribution in [0.2, 0.25) is 0 Å². The smallest absolute Gasteiger partial charge is 0.319 e. The highest BCUT2D eigenvalue weighted by molar-refractivity contribution is 7.11. The summed E-state index contributed by atoms with van der Waals surface area (Å²) < 4.78 is 0. The molecule has 0 atom stereocenters. The lowest BCUT2D eigenvalue weighted by atomic mass is 10.1. The summed E-state index contributed by atoms with van der Waals surface area (Å²) in [5.74, 6) is -0.0934. The number of nitrogens with one attached hydrogen (secondary N) is 2. The SMILES string of the molecule is CCc1ccc(CNC(=O)Nc2cc(C(=O)N(C)C)ccc2C)s1. The highest BCUT2D eigenvalue weighted by Gasteiger charge is 2.11. The fraction of sp³-hybridized carbons (Fsp3) is 0.333. The Bertz CT molecular complexity index is 738. The molecule has 5 nitrogen and oxygen atoms in total. The van der Waals surface area contributed by atoms with E-state index in [1.54, 1.807) is 37.6 Å². The zero-order valence-electron chi connectivity index (χ0n) is 14.5. The lowest BCUT2D eigenvalue weighted by molar-refractivity contribution is 0.0827. The Hall–Kier alpha value is -2.34. The maximum absolute atomic E-state index is 12.1. The zero-order valence-corrected chi connectivity index (χ0v) is 15.3. The quantitative estimate of drug-likeness (QED) is 0.869. The number of carbonyl (C=O) groups is 2. The van der Waals surface area contributed by atoms with Crippen molar-refractivity contribution < 1.29 is 9.59 Å². The molecule has 2 rings (SSSR count). The third-order valence-corrected chi connectivity index (χ3v) is 4.86. The number of nitrogens with zero attached hydrogens (tertiary/aromatic N) is 1. The average Bonchev–Trinajstić information content (AvgIpc) is 3.02. The summed E-state index contributed by atoms with van der Waals surface area (Å²) in [5, 5.41) is 5.67. The van der Waals surface area contributed by atoms with Gasteiger partial charge in [-0.25, -0.2) is 4.79 Å². The molecule has 0 bridgehead atoms. The molecule has 0 aliphatic heterocycles. The van der Waals surface area contributed by atoms with Crippen molar-refractivity contribution in [2.24, 2.45) is 0 Å². The molecule has 128 valence electrons. The van der Waals surface area contributed by atoms with E-state index in [1.165, 1.54) is 9.78 Å². The fourth-order valence-electron chi connectivity index (χ4n) is 2.19. The lowest BCUT2D eigenvalue weighted by Gasteiger charge is -2.14. The number of aryl methyl sites for hydroxylation is 2. The number of benzene rings is 1. The van der Waals surface area contributed by atoms with Crippen molar-refractivity contribution in [3.05, 3.63) is 51.2 Å². The Balaban J connectivity index is 2.00. The molecular formula is C18H23N3O2S. The van der Waals surface area contributed by atoms with Crippen LogP contribution in [0, 0.1) is 6.92 Å². The van der Waals surface area contributed by atoms with Crippen LogP contribution >= 0.6 is 11.3 Å². The van der Waals surface area contributed by atoms with Crippen LogP contribution in [-0.4, -0.2) is 30.9 Å². The Morgan fingerprint density at radius 3 is 2.46 bits per heavy atom. The average molecular weight is 345 g/mol. The van der Waals surface area contributed by atoms with E-state index in [9.17, 15) is 9.59 Å². The number of hydrogen-bond donors (Lipinski definition) is 2. The van der Waals surface area contributed by atoms with Gasteiger partial charge in [0, 0.05) is 35.1 Å². The summed E-state index contributed by atoms with van der Waals surface area (Å²) in [4.78, 5) is 28.1. The predicted octanol–water partition coefficient (Wildman–Crippen LogP) is 3.64. The van der Waals surface area contributed by atoms with Gasteiger partial charge in [0.15, 0.2) is 0 Å². The standard InChI is InChI=1S/C18H23N3O2S/c1-5-14-8-9-15(24-14)11-19-18(23)20-16-10-13(7-6-12(16)2)17(22)21(3)4/h6-10H,5,11H2,1-4H3,(H2,19,20,23). The Morgan fingerprint density at radius 2 is 1.83 bits per heavy atom. The molecular weight excluding hydrogens is 322 g/mol. The number of rotatable bonds is 5. The summed E-state index contributed by atoms with van der Waals surface area (Å²) in [6.45, 7) is 4.50. The maximum Gasteiger partial charge on any atom is 0.319 e. The summed E-state index contributed by atoms with van der Waals surface area (Å²) in [6, 6.07) is 9.14. The highest BCUT2D eigenvalue weighted by atomic mass is 32.1. The van der Waals surface area contributed by atoms with Crippen molar-refractivity contribution in [1.29, 1.82) is 0 Å². The molecule has 3 amide bonds. The molecule has 0 fully saturated rings. The van der Waals surface area contributed by atoms with Crippen LogP contribution in [0.15, 0.2) is 30.3 Å². The van der Waals surface area contributed by atoms with Gasteiger partial charge in [0.1, 0.15) is 0 Å². The zero-order chi connectivity index (χ0) is 17.7. The van der Waals surface area contributed by atoms with E-state index < -0.39 is 0 Å². The molecule has 0 saturated heterocycles. The van der Waals surface area contributed by atoms with Gasteiger partial charge >= 0.3 is 6.03 Å². The van der Waals surface area contributed by atoms with E-state index in [0.29, 0.717) is 17.8 Å². The van der Waals surface area contributed by atoms with Crippen LogP contribution in [0.5, 0.6) is 0 Å². The molecule has 0 radical (unpaired) electrons. The van der Waals surface area contributed by atoms with Gasteiger partial charge in [-0.3, -0.25) is 4.79 Å². The molecule has 1 heterocycles. The van der Waals surface area contributed by atoms with Crippen LogP contribution in [0.1, 0.15) is 32.6 Å². The summed E-state index contributed by atoms with van der Waals surface area (Å²) in [7, 11) is 3.40. The van der Waals surface area contributed by atoms with Crippen LogP contribution in [0.4, 0.5) is 10.5 Å². The first-order valence-corrected chi connectivity index (χ1v) is 8.67. The van der Waals surface area contributed by atoms with Gasteiger partial charge in [0.05, 0.1) is 6.54 Å². The van der Waals surface area contributed by atoms with Crippen molar-refractivity contribution in [3.8, 4) is 0 Å². The number of anilines is 1. The summed E-state index contributed by atoms with van der Waals surface area (Å²) in [5.41, 5.74) is 2.09. The number of carbonyl (C=O) groups excluding carboxylic acids is 2. The number of amides is 3. The lowest BCUT2D eigenvalue weighted by Crippen LogP contribution is -2.28. The van der Waals surface area contributed by atoms with E-state index in [0.717, 1.165) is 16.9 Å².